The summed E-state index contributed by atoms with van der Waals surface area (Å²) in [5, 5.41) is 5.54. The largest absolute Gasteiger partial charge is 0.374 e. The van der Waals surface area contributed by atoms with Crippen molar-refractivity contribution in [2.45, 2.75) is 44.2 Å². The van der Waals surface area contributed by atoms with Gasteiger partial charge in [-0.2, -0.15) is 0 Å². The van der Waals surface area contributed by atoms with Gasteiger partial charge in [0.1, 0.15) is 0 Å². The lowest BCUT2D eigenvalue weighted by molar-refractivity contribution is -0.121. The summed E-state index contributed by atoms with van der Waals surface area (Å²) >= 11 is 1.43. The molecule has 8 heteroatoms. The number of thiazole rings is 1. The molecular weight excluding hydrogens is 340 g/mol. The van der Waals surface area contributed by atoms with Gasteiger partial charge in [0.25, 0.3) is 0 Å². The summed E-state index contributed by atoms with van der Waals surface area (Å²) < 4.78 is 5.76. The summed E-state index contributed by atoms with van der Waals surface area (Å²) in [5.74, 6) is 0.0803. The Morgan fingerprint density at radius 1 is 1.40 bits per heavy atom. The van der Waals surface area contributed by atoms with Gasteiger partial charge in [-0.1, -0.05) is 0 Å². The van der Waals surface area contributed by atoms with Crippen molar-refractivity contribution in [2.75, 3.05) is 37.7 Å². The van der Waals surface area contributed by atoms with Crippen LogP contribution >= 0.6 is 11.3 Å². The van der Waals surface area contributed by atoms with E-state index in [-0.39, 0.29) is 24.3 Å². The number of anilines is 1. The highest BCUT2D eigenvalue weighted by Crippen LogP contribution is 2.28. The Morgan fingerprint density at radius 3 is 3.04 bits per heavy atom. The Morgan fingerprint density at radius 2 is 2.28 bits per heavy atom. The fourth-order valence-corrected chi connectivity index (χ4v) is 4.31. The maximum atomic E-state index is 12.2. The minimum atomic E-state index is -0.0447. The lowest BCUT2D eigenvalue weighted by atomic mass is 10.2. The molecule has 25 heavy (non-hydrogen) atoms. The number of morpholine rings is 1. The molecule has 3 fully saturated rings. The second-order valence-corrected chi connectivity index (χ2v) is 7.81. The van der Waals surface area contributed by atoms with E-state index in [1.165, 1.54) is 24.2 Å². The zero-order valence-corrected chi connectivity index (χ0v) is 15.1. The van der Waals surface area contributed by atoms with Crippen LogP contribution in [0.5, 0.6) is 0 Å². The molecule has 0 spiro atoms. The third-order valence-corrected chi connectivity index (χ3v) is 5.86. The maximum absolute atomic E-state index is 12.2. The minimum Gasteiger partial charge on any atom is -0.374 e. The zero-order valence-electron chi connectivity index (χ0n) is 14.3. The van der Waals surface area contributed by atoms with Crippen LogP contribution in [0.4, 0.5) is 5.13 Å². The molecule has 0 radical (unpaired) electrons. The predicted molar refractivity (Wildman–Crippen MR) is 94.7 cm³/mol. The first-order chi connectivity index (χ1) is 12.2. The highest BCUT2D eigenvalue weighted by atomic mass is 32.1. The molecule has 2 aliphatic heterocycles. The topological polar surface area (TPSA) is 74.8 Å². The molecule has 0 bridgehead atoms. The highest BCUT2D eigenvalue weighted by molar-refractivity contribution is 7.14. The van der Waals surface area contributed by atoms with E-state index in [9.17, 15) is 9.59 Å². The number of nitrogens with one attached hydrogen (secondary N) is 1. The van der Waals surface area contributed by atoms with Gasteiger partial charge >= 0.3 is 0 Å². The molecule has 1 saturated carbocycles. The van der Waals surface area contributed by atoms with Crippen molar-refractivity contribution in [3.8, 4) is 0 Å². The van der Waals surface area contributed by atoms with Crippen LogP contribution in [0, 0.1) is 0 Å². The van der Waals surface area contributed by atoms with Gasteiger partial charge in [0.2, 0.25) is 11.8 Å². The van der Waals surface area contributed by atoms with Gasteiger partial charge in [-0.3, -0.25) is 19.4 Å². The van der Waals surface area contributed by atoms with Crippen molar-refractivity contribution in [1.82, 2.24) is 15.2 Å². The Bertz CT molecular complexity index is 646. The van der Waals surface area contributed by atoms with Crippen LogP contribution in [0.3, 0.4) is 0 Å². The average Bonchev–Trinajstić information content (AvgIpc) is 3.23. The Kier molecular flexibility index (Phi) is 5.00. The molecule has 136 valence electrons. The number of ether oxygens (including phenoxy) is 1. The summed E-state index contributed by atoms with van der Waals surface area (Å²) in [5.41, 5.74) is 0.723. The molecule has 1 aliphatic carbocycles. The fraction of sp³-hybridized carbons (Fsp3) is 0.706. The SMILES string of the molecule is O=C(Cc1csc(N2CCCC2=O)n1)NCC1CN(C2CC2)CCO1. The maximum Gasteiger partial charge on any atom is 0.228 e. The van der Waals surface area contributed by atoms with Crippen molar-refractivity contribution in [2.24, 2.45) is 0 Å². The van der Waals surface area contributed by atoms with Crippen LogP contribution in [-0.2, 0) is 20.7 Å². The Balaban J connectivity index is 1.23. The molecule has 7 nitrogen and oxygen atoms in total. The number of carbonyl (C=O) groups excluding carboxylic acids is 2. The van der Waals surface area contributed by atoms with Gasteiger partial charge in [0, 0.05) is 44.0 Å². The molecular formula is C17H24N4O3S. The Labute approximate surface area is 151 Å². The standard InChI is InChI=1S/C17H24N4O3S/c22-15(18-9-14-10-20(6-7-24-14)13-3-4-13)8-12-11-25-17(19-12)21-5-1-2-16(21)23/h11,13-14H,1-10H2,(H,18,22). The first kappa shape index (κ1) is 16.9. The van der Waals surface area contributed by atoms with Gasteiger partial charge in [-0.05, 0) is 19.3 Å². The molecule has 3 heterocycles. The first-order valence-corrected chi connectivity index (χ1v) is 9.94. The van der Waals surface area contributed by atoms with Crippen LogP contribution in [-0.4, -0.2) is 66.6 Å². The van der Waals surface area contributed by atoms with Gasteiger partial charge in [0.15, 0.2) is 5.13 Å². The molecule has 1 aromatic rings. The van der Waals surface area contributed by atoms with Gasteiger partial charge in [0.05, 0.1) is 24.8 Å². The molecule has 0 aromatic carbocycles. The van der Waals surface area contributed by atoms with Crippen molar-refractivity contribution in [3.05, 3.63) is 11.1 Å². The van der Waals surface area contributed by atoms with Crippen molar-refractivity contribution in [3.63, 3.8) is 0 Å². The quantitative estimate of drug-likeness (QED) is 0.808. The number of rotatable bonds is 6. The smallest absolute Gasteiger partial charge is 0.228 e. The number of aromatic nitrogens is 1. The van der Waals surface area contributed by atoms with E-state index in [4.69, 9.17) is 4.74 Å². The molecule has 1 N–H and O–H groups in total. The van der Waals surface area contributed by atoms with E-state index in [2.05, 4.69) is 15.2 Å². The van der Waals surface area contributed by atoms with Crippen molar-refractivity contribution in [1.29, 1.82) is 0 Å². The minimum absolute atomic E-state index is 0.0447. The molecule has 2 amide bonds. The normalized spacial score (nSPS) is 24.7. The van der Waals surface area contributed by atoms with Crippen LogP contribution in [0.1, 0.15) is 31.4 Å². The second-order valence-electron chi connectivity index (χ2n) is 6.97. The third kappa shape index (κ3) is 4.19. The van der Waals surface area contributed by atoms with Gasteiger partial charge in [-0.15, -0.1) is 11.3 Å². The zero-order chi connectivity index (χ0) is 17.2. The highest BCUT2D eigenvalue weighted by Gasteiger charge is 2.33. The van der Waals surface area contributed by atoms with Gasteiger partial charge < -0.3 is 10.1 Å². The summed E-state index contributed by atoms with van der Waals surface area (Å²) in [6, 6.07) is 0.740. The van der Waals surface area contributed by atoms with E-state index in [1.807, 2.05) is 5.38 Å². The van der Waals surface area contributed by atoms with Crippen LogP contribution in [0.2, 0.25) is 0 Å². The van der Waals surface area contributed by atoms with Crippen LogP contribution in [0.15, 0.2) is 5.38 Å². The second kappa shape index (κ2) is 7.39. The Hall–Kier alpha value is -1.51. The van der Waals surface area contributed by atoms with Gasteiger partial charge in [-0.25, -0.2) is 4.98 Å². The van der Waals surface area contributed by atoms with Crippen molar-refractivity contribution >= 4 is 28.3 Å². The molecule has 1 unspecified atom stereocenters. The number of amides is 2. The van der Waals surface area contributed by atoms with Crippen LogP contribution < -0.4 is 10.2 Å². The van der Waals surface area contributed by atoms with E-state index >= 15 is 0 Å². The number of hydrogen-bond acceptors (Lipinski definition) is 6. The summed E-state index contributed by atoms with van der Waals surface area (Å²) in [6.07, 6.45) is 4.39. The number of carbonyl (C=O) groups is 2. The van der Waals surface area contributed by atoms with Crippen LogP contribution in [0.25, 0.3) is 0 Å². The fourth-order valence-electron chi connectivity index (χ4n) is 3.44. The third-order valence-electron chi connectivity index (χ3n) is 4.95. The summed E-state index contributed by atoms with van der Waals surface area (Å²) in [6.45, 7) is 3.93. The lowest BCUT2D eigenvalue weighted by Crippen LogP contribution is -2.48. The van der Waals surface area contributed by atoms with E-state index < -0.39 is 0 Å². The van der Waals surface area contributed by atoms with E-state index in [0.29, 0.717) is 18.1 Å². The average molecular weight is 364 g/mol. The number of nitrogens with zero attached hydrogens (tertiary/aromatic N) is 3. The predicted octanol–water partition coefficient (Wildman–Crippen LogP) is 0.792. The molecule has 1 aromatic heterocycles. The molecule has 1 atom stereocenters. The first-order valence-electron chi connectivity index (χ1n) is 9.06. The monoisotopic (exact) mass is 364 g/mol. The summed E-state index contributed by atoms with van der Waals surface area (Å²) in [4.78, 5) is 32.6. The summed E-state index contributed by atoms with van der Waals surface area (Å²) in [7, 11) is 0. The molecule has 3 aliphatic rings. The molecule has 2 saturated heterocycles. The van der Waals surface area contributed by atoms with Crippen molar-refractivity contribution < 1.29 is 14.3 Å². The number of hydrogen-bond donors (Lipinski definition) is 1. The van der Waals surface area contributed by atoms with E-state index in [1.54, 1.807) is 4.90 Å². The van der Waals surface area contributed by atoms with E-state index in [0.717, 1.165) is 44.4 Å². The molecule has 4 rings (SSSR count). The lowest BCUT2D eigenvalue weighted by Gasteiger charge is -2.33.